The maximum atomic E-state index is 5.32. The molecule has 0 fully saturated rings. The minimum absolute atomic E-state index is 0.861. The van der Waals surface area contributed by atoms with Crippen LogP contribution in [0.25, 0.3) is 17.1 Å². The van der Waals surface area contributed by atoms with Gasteiger partial charge in [0.1, 0.15) is 11.6 Å². The van der Waals surface area contributed by atoms with Crippen molar-refractivity contribution < 1.29 is 4.42 Å². The fourth-order valence-corrected chi connectivity index (χ4v) is 2.89. The molecule has 0 saturated carbocycles. The van der Waals surface area contributed by atoms with Crippen LogP contribution < -0.4 is 0 Å². The highest BCUT2D eigenvalue weighted by Crippen LogP contribution is 2.17. The molecule has 3 aromatic rings. The Morgan fingerprint density at radius 1 is 1.17 bits per heavy atom. The molecule has 0 atom stereocenters. The minimum atomic E-state index is 0.861. The van der Waals surface area contributed by atoms with E-state index in [0.29, 0.717) is 0 Å². The van der Waals surface area contributed by atoms with Crippen molar-refractivity contribution >= 4 is 17.1 Å². The predicted octanol–water partition coefficient (Wildman–Crippen LogP) is 4.00. The zero-order chi connectivity index (χ0) is 15.5. The van der Waals surface area contributed by atoms with Gasteiger partial charge in [-0.3, -0.25) is 4.90 Å². The fraction of sp³-hybridized carbons (Fsp3) is 0.211. The Hall–Kier alpha value is -2.59. The van der Waals surface area contributed by atoms with Crippen LogP contribution in [0.4, 0.5) is 0 Å². The lowest BCUT2D eigenvalue weighted by atomic mass is 10.1. The molecule has 4 rings (SSSR count). The van der Waals surface area contributed by atoms with E-state index in [-0.39, 0.29) is 0 Å². The van der Waals surface area contributed by atoms with Gasteiger partial charge in [0, 0.05) is 13.1 Å². The summed E-state index contributed by atoms with van der Waals surface area (Å²) < 4.78 is 5.32. The molecule has 1 aliphatic heterocycles. The molecule has 0 bridgehead atoms. The van der Waals surface area contributed by atoms with Crippen LogP contribution in [0.2, 0.25) is 0 Å². The van der Waals surface area contributed by atoms with E-state index in [2.05, 4.69) is 33.1 Å². The molecule has 0 radical (unpaired) electrons. The number of nitrogens with zero attached hydrogens (tertiary/aromatic N) is 2. The van der Waals surface area contributed by atoms with Gasteiger partial charge in [-0.15, -0.1) is 0 Å². The summed E-state index contributed by atoms with van der Waals surface area (Å²) in [6.45, 7) is 2.86. The third-order valence-corrected chi connectivity index (χ3v) is 4.15. The standard InChI is InChI=1S/C19H19N3O/c1-2-6-18-17(5-1)20-19(21-18)14-22-11-9-15(10-12-22)7-8-16-4-3-13-23-16/h1-9,13H,10-12,14H2,(H,20,21). The zero-order valence-electron chi connectivity index (χ0n) is 12.9. The van der Waals surface area contributed by atoms with Gasteiger partial charge in [0.15, 0.2) is 0 Å². The van der Waals surface area contributed by atoms with Gasteiger partial charge in [-0.1, -0.05) is 24.3 Å². The van der Waals surface area contributed by atoms with Crippen molar-refractivity contribution in [2.24, 2.45) is 0 Å². The lowest BCUT2D eigenvalue weighted by Crippen LogP contribution is -2.28. The molecule has 0 aliphatic carbocycles. The molecule has 23 heavy (non-hydrogen) atoms. The Kier molecular flexibility index (Phi) is 3.82. The van der Waals surface area contributed by atoms with E-state index < -0.39 is 0 Å². The monoisotopic (exact) mass is 305 g/mol. The number of allylic oxidation sites excluding steroid dienone is 1. The van der Waals surface area contributed by atoms with E-state index in [4.69, 9.17) is 4.42 Å². The summed E-state index contributed by atoms with van der Waals surface area (Å²) in [5.41, 5.74) is 3.51. The van der Waals surface area contributed by atoms with Gasteiger partial charge in [0.05, 0.1) is 23.8 Å². The Morgan fingerprint density at radius 2 is 2.13 bits per heavy atom. The number of aromatic nitrogens is 2. The first-order chi connectivity index (χ1) is 11.4. The molecule has 0 saturated heterocycles. The van der Waals surface area contributed by atoms with Crippen LogP contribution >= 0.6 is 0 Å². The summed E-state index contributed by atoms with van der Waals surface area (Å²) in [6, 6.07) is 12.0. The highest BCUT2D eigenvalue weighted by Gasteiger charge is 2.12. The van der Waals surface area contributed by atoms with E-state index in [0.717, 1.165) is 48.7 Å². The molecule has 3 heterocycles. The Balaban J connectivity index is 1.39. The predicted molar refractivity (Wildman–Crippen MR) is 91.8 cm³/mol. The lowest BCUT2D eigenvalue weighted by Gasteiger charge is -2.24. The number of nitrogens with one attached hydrogen (secondary N) is 1. The van der Waals surface area contributed by atoms with Gasteiger partial charge in [-0.05, 0) is 42.3 Å². The van der Waals surface area contributed by atoms with Gasteiger partial charge in [-0.2, -0.15) is 0 Å². The second-order valence-electron chi connectivity index (χ2n) is 5.81. The van der Waals surface area contributed by atoms with Crippen molar-refractivity contribution in [1.29, 1.82) is 0 Å². The van der Waals surface area contributed by atoms with Crippen LogP contribution in [0.3, 0.4) is 0 Å². The van der Waals surface area contributed by atoms with Crippen molar-refractivity contribution in [2.45, 2.75) is 13.0 Å². The van der Waals surface area contributed by atoms with Crippen molar-refractivity contribution in [2.75, 3.05) is 13.1 Å². The van der Waals surface area contributed by atoms with E-state index >= 15 is 0 Å². The van der Waals surface area contributed by atoms with Crippen molar-refractivity contribution in [1.82, 2.24) is 14.9 Å². The normalized spacial score (nSPS) is 16.3. The molecular formula is C19H19N3O. The molecule has 0 spiro atoms. The number of para-hydroxylation sites is 2. The molecule has 2 aromatic heterocycles. The van der Waals surface area contributed by atoms with Crippen molar-refractivity contribution in [3.63, 3.8) is 0 Å². The van der Waals surface area contributed by atoms with Crippen LogP contribution in [0.1, 0.15) is 18.0 Å². The van der Waals surface area contributed by atoms with Gasteiger partial charge < -0.3 is 9.40 Å². The highest BCUT2D eigenvalue weighted by molar-refractivity contribution is 5.74. The molecule has 1 aliphatic rings. The quantitative estimate of drug-likeness (QED) is 0.792. The molecular weight excluding hydrogens is 286 g/mol. The third-order valence-electron chi connectivity index (χ3n) is 4.15. The summed E-state index contributed by atoms with van der Waals surface area (Å²) in [5.74, 6) is 1.93. The van der Waals surface area contributed by atoms with Gasteiger partial charge in [0.2, 0.25) is 0 Å². The first kappa shape index (κ1) is 14.0. The SMILES string of the molecule is C(=Cc1ccco1)C1=CCN(Cc2nc3ccccc3[nH]2)CC1. The number of benzene rings is 1. The summed E-state index contributed by atoms with van der Waals surface area (Å²) in [4.78, 5) is 10.5. The molecule has 4 nitrogen and oxygen atoms in total. The van der Waals surface area contributed by atoms with Crippen LogP contribution in [-0.2, 0) is 6.54 Å². The number of hydrogen-bond donors (Lipinski definition) is 1. The van der Waals surface area contributed by atoms with Crippen LogP contribution in [0, 0.1) is 0 Å². The van der Waals surface area contributed by atoms with Crippen molar-refractivity contribution in [3.8, 4) is 0 Å². The summed E-state index contributed by atoms with van der Waals surface area (Å²) in [6.07, 6.45) is 9.21. The van der Waals surface area contributed by atoms with Crippen molar-refractivity contribution in [3.05, 3.63) is 72.0 Å². The number of rotatable bonds is 4. The minimum Gasteiger partial charge on any atom is -0.465 e. The molecule has 1 N–H and O–H groups in total. The van der Waals surface area contributed by atoms with E-state index in [1.165, 1.54) is 5.57 Å². The summed E-state index contributed by atoms with van der Waals surface area (Å²) in [5, 5.41) is 0. The average molecular weight is 305 g/mol. The number of aromatic amines is 1. The Bertz CT molecular complexity index is 810. The largest absolute Gasteiger partial charge is 0.465 e. The molecule has 116 valence electrons. The molecule has 4 heteroatoms. The smallest absolute Gasteiger partial charge is 0.126 e. The number of H-pyrrole nitrogens is 1. The van der Waals surface area contributed by atoms with E-state index in [1.807, 2.05) is 36.4 Å². The number of hydrogen-bond acceptors (Lipinski definition) is 3. The maximum absolute atomic E-state index is 5.32. The fourth-order valence-electron chi connectivity index (χ4n) is 2.89. The van der Waals surface area contributed by atoms with Gasteiger partial charge in [0.25, 0.3) is 0 Å². The summed E-state index contributed by atoms with van der Waals surface area (Å²) in [7, 11) is 0. The van der Waals surface area contributed by atoms with Crippen LogP contribution in [-0.4, -0.2) is 28.0 Å². The first-order valence-electron chi connectivity index (χ1n) is 7.93. The molecule has 0 amide bonds. The lowest BCUT2D eigenvalue weighted by molar-refractivity contribution is 0.281. The molecule has 0 unspecified atom stereocenters. The van der Waals surface area contributed by atoms with E-state index in [1.54, 1.807) is 6.26 Å². The summed E-state index contributed by atoms with van der Waals surface area (Å²) >= 11 is 0. The Labute approximate surface area is 135 Å². The van der Waals surface area contributed by atoms with Crippen LogP contribution in [0.15, 0.2) is 64.8 Å². The van der Waals surface area contributed by atoms with Gasteiger partial charge in [-0.25, -0.2) is 4.98 Å². The maximum Gasteiger partial charge on any atom is 0.126 e. The van der Waals surface area contributed by atoms with Gasteiger partial charge >= 0.3 is 0 Å². The molecule has 1 aromatic carbocycles. The van der Waals surface area contributed by atoms with Crippen LogP contribution in [0.5, 0.6) is 0 Å². The topological polar surface area (TPSA) is 45.1 Å². The zero-order valence-corrected chi connectivity index (χ0v) is 12.9. The highest BCUT2D eigenvalue weighted by atomic mass is 16.3. The average Bonchev–Trinajstić information content (AvgIpc) is 3.23. The second kappa shape index (κ2) is 6.26. The number of imidazole rings is 1. The van der Waals surface area contributed by atoms with E-state index in [9.17, 15) is 0 Å². The Morgan fingerprint density at radius 3 is 2.91 bits per heavy atom. The third kappa shape index (κ3) is 3.27. The number of fused-ring (bicyclic) bond motifs is 1. The second-order valence-corrected chi connectivity index (χ2v) is 5.81. The first-order valence-corrected chi connectivity index (χ1v) is 7.93. The number of furan rings is 1.